The highest BCUT2D eigenvalue weighted by molar-refractivity contribution is 5.86. The summed E-state index contributed by atoms with van der Waals surface area (Å²) in [6.45, 7) is 2.14. The van der Waals surface area contributed by atoms with Crippen LogP contribution in [0, 0.1) is 26.1 Å². The Morgan fingerprint density at radius 2 is 2.05 bits per heavy atom. The summed E-state index contributed by atoms with van der Waals surface area (Å²) >= 11 is 0. The third-order valence-electron chi connectivity index (χ3n) is 3.47. The molecular formula is C13H16N4O4. The van der Waals surface area contributed by atoms with Gasteiger partial charge in [0.2, 0.25) is 0 Å². The summed E-state index contributed by atoms with van der Waals surface area (Å²) in [5.74, 6) is 0.561. The average Bonchev–Trinajstić information content (AvgIpc) is 2.44. The number of non-ortho nitro benzene ring substituents is 1. The van der Waals surface area contributed by atoms with Gasteiger partial charge < -0.3 is 0 Å². The summed E-state index contributed by atoms with van der Waals surface area (Å²) in [6.07, 6.45) is 3.96. The van der Waals surface area contributed by atoms with E-state index in [0.29, 0.717) is 5.92 Å². The van der Waals surface area contributed by atoms with E-state index >= 15 is 0 Å². The Morgan fingerprint density at radius 1 is 1.29 bits per heavy atom. The van der Waals surface area contributed by atoms with E-state index in [1.807, 2.05) is 0 Å². The molecule has 21 heavy (non-hydrogen) atoms. The molecule has 1 saturated carbocycles. The van der Waals surface area contributed by atoms with Crippen molar-refractivity contribution < 1.29 is 9.85 Å². The molecule has 0 heterocycles. The molecule has 1 aliphatic rings. The standard InChI is InChI=1S/C13H16N4O4/c1-9-3-2-4-10(7-9)14-15-12-6-5-11(16(18)19)8-13(12)17(20)21/h5-6,8-9,15H,2-4,7H2,1H3/b14-10+/t9-/m0/s1. The lowest BCUT2D eigenvalue weighted by atomic mass is 9.89. The minimum atomic E-state index is -0.661. The van der Waals surface area contributed by atoms with Crippen molar-refractivity contribution in [1.29, 1.82) is 0 Å². The van der Waals surface area contributed by atoms with Crippen molar-refractivity contribution in [3.05, 3.63) is 38.4 Å². The van der Waals surface area contributed by atoms with E-state index in [2.05, 4.69) is 17.5 Å². The Balaban J connectivity index is 2.21. The molecule has 1 fully saturated rings. The van der Waals surface area contributed by atoms with Crippen molar-refractivity contribution in [3.8, 4) is 0 Å². The van der Waals surface area contributed by atoms with Gasteiger partial charge in [0.25, 0.3) is 5.69 Å². The van der Waals surface area contributed by atoms with Crippen LogP contribution >= 0.6 is 0 Å². The predicted molar refractivity (Wildman–Crippen MR) is 78.4 cm³/mol. The van der Waals surface area contributed by atoms with E-state index in [1.54, 1.807) is 0 Å². The molecule has 0 saturated heterocycles. The Hall–Kier alpha value is -2.51. The molecule has 0 amide bonds. The van der Waals surface area contributed by atoms with Crippen molar-refractivity contribution >= 4 is 22.8 Å². The molecule has 1 aromatic carbocycles. The zero-order valence-electron chi connectivity index (χ0n) is 11.6. The Morgan fingerprint density at radius 3 is 2.67 bits per heavy atom. The lowest BCUT2D eigenvalue weighted by Crippen LogP contribution is -2.14. The van der Waals surface area contributed by atoms with Crippen molar-refractivity contribution in [3.63, 3.8) is 0 Å². The first-order valence-corrected chi connectivity index (χ1v) is 6.71. The fraction of sp³-hybridized carbons (Fsp3) is 0.462. The number of anilines is 1. The molecule has 0 radical (unpaired) electrons. The van der Waals surface area contributed by atoms with E-state index in [9.17, 15) is 20.2 Å². The Kier molecular flexibility index (Phi) is 4.46. The topological polar surface area (TPSA) is 111 Å². The fourth-order valence-electron chi connectivity index (χ4n) is 2.38. The number of hydrogen-bond donors (Lipinski definition) is 1. The SMILES string of the molecule is C[C@H]1CCC/C(=N\Nc2ccc([N+](=O)[O-])cc2[N+](=O)[O-])C1. The quantitative estimate of drug-likeness (QED) is 0.674. The Labute approximate surface area is 121 Å². The second-order valence-electron chi connectivity index (χ2n) is 5.21. The molecular weight excluding hydrogens is 276 g/mol. The van der Waals surface area contributed by atoms with Crippen LogP contribution in [0.5, 0.6) is 0 Å². The summed E-state index contributed by atoms with van der Waals surface area (Å²) in [7, 11) is 0. The molecule has 1 aromatic rings. The van der Waals surface area contributed by atoms with Crippen LogP contribution in [0.2, 0.25) is 0 Å². The largest absolute Gasteiger partial charge is 0.301 e. The van der Waals surface area contributed by atoms with Crippen molar-refractivity contribution in [2.24, 2.45) is 11.0 Å². The molecule has 112 valence electrons. The lowest BCUT2D eigenvalue weighted by molar-refractivity contribution is -0.393. The number of nitrogens with zero attached hydrogens (tertiary/aromatic N) is 3. The minimum Gasteiger partial charge on any atom is -0.272 e. The second kappa shape index (κ2) is 6.29. The van der Waals surface area contributed by atoms with E-state index < -0.39 is 9.85 Å². The van der Waals surface area contributed by atoms with E-state index in [1.165, 1.54) is 12.1 Å². The molecule has 0 aromatic heterocycles. The van der Waals surface area contributed by atoms with Crippen molar-refractivity contribution in [2.75, 3.05) is 5.43 Å². The van der Waals surface area contributed by atoms with Gasteiger partial charge in [-0.2, -0.15) is 5.10 Å². The average molecular weight is 292 g/mol. The van der Waals surface area contributed by atoms with Gasteiger partial charge in [0, 0.05) is 11.8 Å². The van der Waals surface area contributed by atoms with E-state index in [4.69, 9.17) is 0 Å². The van der Waals surface area contributed by atoms with Gasteiger partial charge in [0.15, 0.2) is 0 Å². The molecule has 0 aliphatic heterocycles. The van der Waals surface area contributed by atoms with Crippen LogP contribution in [0.25, 0.3) is 0 Å². The van der Waals surface area contributed by atoms with E-state index in [0.717, 1.165) is 37.5 Å². The predicted octanol–water partition coefficient (Wildman–Crippen LogP) is 3.48. The number of nitro groups is 2. The summed E-state index contributed by atoms with van der Waals surface area (Å²) in [4.78, 5) is 20.3. The smallest absolute Gasteiger partial charge is 0.272 e. The highest BCUT2D eigenvalue weighted by Crippen LogP contribution is 2.29. The number of benzene rings is 1. The molecule has 8 nitrogen and oxygen atoms in total. The number of hydrogen-bond acceptors (Lipinski definition) is 6. The summed E-state index contributed by atoms with van der Waals surface area (Å²) in [5.41, 5.74) is 3.15. The summed E-state index contributed by atoms with van der Waals surface area (Å²) in [6, 6.07) is 3.47. The van der Waals surface area contributed by atoms with Crippen LogP contribution in [-0.4, -0.2) is 15.6 Å². The molecule has 1 N–H and O–H groups in total. The maximum absolute atomic E-state index is 11.0. The first-order chi connectivity index (χ1) is 9.97. The Bertz CT molecular complexity index is 600. The molecule has 0 spiro atoms. The first-order valence-electron chi connectivity index (χ1n) is 6.71. The van der Waals surface area contributed by atoms with Crippen molar-refractivity contribution in [1.82, 2.24) is 0 Å². The van der Waals surface area contributed by atoms with Crippen LogP contribution in [0.4, 0.5) is 17.1 Å². The third kappa shape index (κ3) is 3.74. The minimum absolute atomic E-state index is 0.163. The molecule has 1 aliphatic carbocycles. The van der Waals surface area contributed by atoms with Crippen molar-refractivity contribution in [2.45, 2.75) is 32.6 Å². The van der Waals surface area contributed by atoms with Crippen LogP contribution in [0.3, 0.4) is 0 Å². The highest BCUT2D eigenvalue weighted by atomic mass is 16.6. The monoisotopic (exact) mass is 292 g/mol. The maximum atomic E-state index is 11.0. The summed E-state index contributed by atoms with van der Waals surface area (Å²) in [5, 5.41) is 25.9. The molecule has 0 unspecified atom stereocenters. The molecule has 2 rings (SSSR count). The van der Waals surface area contributed by atoms with Gasteiger partial charge in [-0.15, -0.1) is 0 Å². The number of nitrogens with one attached hydrogen (secondary N) is 1. The fourth-order valence-corrected chi connectivity index (χ4v) is 2.38. The third-order valence-corrected chi connectivity index (χ3v) is 3.47. The normalized spacial score (nSPS) is 20.2. The van der Waals surface area contributed by atoms with Crippen LogP contribution in [0.1, 0.15) is 32.6 Å². The highest BCUT2D eigenvalue weighted by Gasteiger charge is 2.20. The molecule has 8 heteroatoms. The van der Waals surface area contributed by atoms with Gasteiger partial charge in [0.05, 0.1) is 15.9 Å². The molecule has 1 atom stereocenters. The van der Waals surface area contributed by atoms with Crippen LogP contribution in [0.15, 0.2) is 23.3 Å². The summed E-state index contributed by atoms with van der Waals surface area (Å²) < 4.78 is 0. The van der Waals surface area contributed by atoms with Gasteiger partial charge in [-0.1, -0.05) is 6.92 Å². The lowest BCUT2D eigenvalue weighted by Gasteiger charge is -2.19. The number of nitro benzene ring substituents is 2. The second-order valence-corrected chi connectivity index (χ2v) is 5.21. The molecule has 0 bridgehead atoms. The van der Waals surface area contributed by atoms with E-state index in [-0.39, 0.29) is 17.1 Å². The zero-order valence-corrected chi connectivity index (χ0v) is 11.6. The van der Waals surface area contributed by atoms with Crippen LogP contribution < -0.4 is 5.43 Å². The van der Waals surface area contributed by atoms with Gasteiger partial charge in [-0.3, -0.25) is 25.7 Å². The van der Waals surface area contributed by atoms with Gasteiger partial charge in [0.1, 0.15) is 5.69 Å². The number of rotatable bonds is 4. The van der Waals surface area contributed by atoms with Gasteiger partial charge in [-0.25, -0.2) is 0 Å². The zero-order chi connectivity index (χ0) is 15.4. The first kappa shape index (κ1) is 14.9. The maximum Gasteiger partial charge on any atom is 0.301 e. The van der Waals surface area contributed by atoms with Gasteiger partial charge >= 0.3 is 5.69 Å². The number of hydrazone groups is 1. The van der Waals surface area contributed by atoms with Crippen LogP contribution in [-0.2, 0) is 0 Å². The van der Waals surface area contributed by atoms with Gasteiger partial charge in [-0.05, 0) is 37.7 Å².